The number of amides is 1. The molecular formula is C19H20FN5O2. The Bertz CT molecular complexity index is 956. The first-order valence-electron chi connectivity index (χ1n) is 8.96. The molecule has 4 rings (SSSR count). The highest BCUT2D eigenvalue weighted by Gasteiger charge is 2.28. The number of carbonyl (C=O) groups excluding carboxylic acids is 1. The van der Waals surface area contributed by atoms with Gasteiger partial charge < -0.3 is 14.7 Å². The predicted molar refractivity (Wildman–Crippen MR) is 97.5 cm³/mol. The Morgan fingerprint density at radius 1 is 1.33 bits per heavy atom. The lowest BCUT2D eigenvalue weighted by Gasteiger charge is -2.33. The number of fused-ring (bicyclic) bond motifs is 1. The van der Waals surface area contributed by atoms with Gasteiger partial charge in [-0.05, 0) is 37.5 Å². The largest absolute Gasteiger partial charge is 0.355 e. The summed E-state index contributed by atoms with van der Waals surface area (Å²) >= 11 is 0. The van der Waals surface area contributed by atoms with Crippen LogP contribution < -0.4 is 10.2 Å². The van der Waals surface area contributed by atoms with Crippen molar-refractivity contribution in [2.45, 2.75) is 26.3 Å². The van der Waals surface area contributed by atoms with Crippen molar-refractivity contribution in [3.8, 4) is 0 Å². The average molecular weight is 369 g/mol. The van der Waals surface area contributed by atoms with Crippen LogP contribution in [0.2, 0.25) is 0 Å². The maximum Gasteiger partial charge on any atom is 0.263 e. The van der Waals surface area contributed by atoms with Crippen molar-refractivity contribution in [3.63, 3.8) is 0 Å². The number of carbonyl (C=O) groups is 1. The van der Waals surface area contributed by atoms with Gasteiger partial charge in [0, 0.05) is 19.6 Å². The fourth-order valence-corrected chi connectivity index (χ4v) is 3.46. The van der Waals surface area contributed by atoms with E-state index in [0.717, 1.165) is 41.8 Å². The van der Waals surface area contributed by atoms with Crippen LogP contribution in [0.3, 0.4) is 0 Å². The first kappa shape index (κ1) is 17.4. The maximum atomic E-state index is 13.0. The maximum absolute atomic E-state index is 13.0. The molecular weight excluding hydrogens is 349 g/mol. The van der Waals surface area contributed by atoms with Gasteiger partial charge in [-0.15, -0.1) is 0 Å². The van der Waals surface area contributed by atoms with E-state index in [9.17, 15) is 9.18 Å². The molecule has 1 aliphatic rings. The van der Waals surface area contributed by atoms with Crippen molar-refractivity contribution in [1.29, 1.82) is 0 Å². The number of nitrogens with one attached hydrogen (secondary N) is 1. The van der Waals surface area contributed by atoms with E-state index < -0.39 is 0 Å². The fraction of sp³-hybridized carbons (Fsp3) is 0.368. The van der Waals surface area contributed by atoms with Gasteiger partial charge in [0.25, 0.3) is 5.71 Å². The van der Waals surface area contributed by atoms with Crippen molar-refractivity contribution in [2.75, 3.05) is 18.0 Å². The molecule has 0 saturated carbocycles. The molecule has 1 atom stereocenters. The quantitative estimate of drug-likeness (QED) is 0.761. The van der Waals surface area contributed by atoms with Gasteiger partial charge in [-0.3, -0.25) is 4.79 Å². The van der Waals surface area contributed by atoms with Crippen LogP contribution in [0.5, 0.6) is 0 Å². The number of nitrogens with zero attached hydrogens (tertiary/aromatic N) is 4. The lowest BCUT2D eigenvalue weighted by atomic mass is 9.96. The van der Waals surface area contributed by atoms with Crippen molar-refractivity contribution in [3.05, 3.63) is 47.7 Å². The van der Waals surface area contributed by atoms with Crippen LogP contribution in [0.1, 0.15) is 24.1 Å². The minimum absolute atomic E-state index is 0.00337. The molecule has 1 aromatic carbocycles. The van der Waals surface area contributed by atoms with Crippen LogP contribution in [0, 0.1) is 18.7 Å². The zero-order chi connectivity index (χ0) is 18.8. The van der Waals surface area contributed by atoms with E-state index in [1.807, 2.05) is 6.92 Å². The summed E-state index contributed by atoms with van der Waals surface area (Å²) in [6.45, 7) is 3.64. The number of hydrogen-bond acceptors (Lipinski definition) is 6. The number of hydrogen-bond donors (Lipinski definition) is 1. The Morgan fingerprint density at radius 2 is 2.15 bits per heavy atom. The monoisotopic (exact) mass is 369 g/mol. The molecule has 0 bridgehead atoms. The first-order chi connectivity index (χ1) is 13.1. The number of benzene rings is 1. The minimum Gasteiger partial charge on any atom is -0.355 e. The van der Waals surface area contributed by atoms with Crippen LogP contribution in [0.15, 0.2) is 35.1 Å². The van der Waals surface area contributed by atoms with E-state index in [-0.39, 0.29) is 17.6 Å². The molecule has 3 aromatic rings. The second-order valence-electron chi connectivity index (χ2n) is 6.77. The Kier molecular flexibility index (Phi) is 4.70. The van der Waals surface area contributed by atoms with Crippen LogP contribution in [0.4, 0.5) is 10.2 Å². The smallest absolute Gasteiger partial charge is 0.263 e. The van der Waals surface area contributed by atoms with Crippen LogP contribution in [0.25, 0.3) is 11.1 Å². The summed E-state index contributed by atoms with van der Waals surface area (Å²) in [7, 11) is 0. The van der Waals surface area contributed by atoms with Gasteiger partial charge in [0.15, 0.2) is 0 Å². The molecule has 2 aromatic heterocycles. The van der Waals surface area contributed by atoms with Gasteiger partial charge in [0.05, 0.1) is 11.6 Å². The zero-order valence-corrected chi connectivity index (χ0v) is 15.0. The normalized spacial score (nSPS) is 17.3. The van der Waals surface area contributed by atoms with Gasteiger partial charge >= 0.3 is 0 Å². The third-order valence-electron chi connectivity index (χ3n) is 4.90. The molecule has 0 radical (unpaired) electrons. The number of halogens is 1. The highest BCUT2D eigenvalue weighted by molar-refractivity contribution is 5.88. The summed E-state index contributed by atoms with van der Waals surface area (Å²) in [6, 6.07) is 6.14. The van der Waals surface area contributed by atoms with E-state index in [2.05, 4.69) is 25.3 Å². The van der Waals surface area contributed by atoms with Crippen LogP contribution in [-0.4, -0.2) is 34.1 Å². The summed E-state index contributed by atoms with van der Waals surface area (Å²) in [4.78, 5) is 23.2. The zero-order valence-electron chi connectivity index (χ0n) is 15.0. The van der Waals surface area contributed by atoms with Gasteiger partial charge in [-0.25, -0.2) is 9.37 Å². The second-order valence-corrected chi connectivity index (χ2v) is 6.77. The first-order valence-corrected chi connectivity index (χ1v) is 8.96. The number of aryl methyl sites for hydroxylation is 1. The third kappa shape index (κ3) is 3.60. The number of piperidine rings is 1. The van der Waals surface area contributed by atoms with Crippen LogP contribution in [-0.2, 0) is 11.3 Å². The number of aromatic nitrogens is 3. The highest BCUT2D eigenvalue weighted by atomic mass is 19.1. The van der Waals surface area contributed by atoms with Crippen molar-refractivity contribution in [1.82, 2.24) is 20.4 Å². The predicted octanol–water partition coefficient (Wildman–Crippen LogP) is 2.60. The molecule has 1 aliphatic heterocycles. The van der Waals surface area contributed by atoms with Crippen molar-refractivity contribution >= 4 is 22.8 Å². The standard InChI is InChI=1S/C19H20FN5O2/c1-12-16-17(22-11-23-19(16)27-24-12)25-8-2-3-14(10-25)18(26)21-9-13-4-6-15(20)7-5-13/h4-7,11,14H,2-3,8-10H2,1H3,(H,21,26)/t14-/m1/s1. The molecule has 0 aliphatic carbocycles. The summed E-state index contributed by atoms with van der Waals surface area (Å²) in [6.07, 6.45) is 3.17. The van der Waals surface area contributed by atoms with Crippen LogP contribution >= 0.6 is 0 Å². The molecule has 8 heteroatoms. The van der Waals surface area contributed by atoms with Gasteiger partial charge in [-0.1, -0.05) is 17.3 Å². The lowest BCUT2D eigenvalue weighted by Crippen LogP contribution is -2.43. The van der Waals surface area contributed by atoms with Gasteiger partial charge in [0.1, 0.15) is 23.3 Å². The summed E-state index contributed by atoms with van der Waals surface area (Å²) in [5.74, 6) is 0.337. The summed E-state index contributed by atoms with van der Waals surface area (Å²) < 4.78 is 18.2. The van der Waals surface area contributed by atoms with Gasteiger partial charge in [0.2, 0.25) is 5.91 Å². The summed E-state index contributed by atoms with van der Waals surface area (Å²) in [5, 5.41) is 7.71. The second kappa shape index (κ2) is 7.30. The Balaban J connectivity index is 1.45. The van der Waals surface area contributed by atoms with E-state index >= 15 is 0 Å². The van der Waals surface area contributed by atoms with E-state index in [0.29, 0.717) is 18.8 Å². The molecule has 0 spiro atoms. The molecule has 140 valence electrons. The lowest BCUT2D eigenvalue weighted by molar-refractivity contribution is -0.125. The highest BCUT2D eigenvalue weighted by Crippen LogP contribution is 2.29. The Morgan fingerprint density at radius 3 is 2.96 bits per heavy atom. The molecule has 0 unspecified atom stereocenters. The van der Waals surface area contributed by atoms with Gasteiger partial charge in [-0.2, -0.15) is 4.98 Å². The Labute approximate surface area is 155 Å². The third-order valence-corrected chi connectivity index (χ3v) is 4.90. The topological polar surface area (TPSA) is 84.2 Å². The fourth-order valence-electron chi connectivity index (χ4n) is 3.46. The molecule has 1 amide bonds. The van der Waals surface area contributed by atoms with Crippen molar-refractivity contribution in [2.24, 2.45) is 5.92 Å². The van der Waals surface area contributed by atoms with E-state index in [1.165, 1.54) is 18.5 Å². The molecule has 1 N–H and O–H groups in total. The average Bonchev–Trinajstić information content (AvgIpc) is 3.08. The molecule has 3 heterocycles. The SMILES string of the molecule is Cc1noc2ncnc(N3CCC[C@@H](C(=O)NCc4ccc(F)cc4)C3)c12. The minimum atomic E-state index is -0.284. The van der Waals surface area contributed by atoms with E-state index in [4.69, 9.17) is 4.52 Å². The number of rotatable bonds is 4. The number of anilines is 1. The van der Waals surface area contributed by atoms with Crippen molar-refractivity contribution < 1.29 is 13.7 Å². The molecule has 7 nitrogen and oxygen atoms in total. The Hall–Kier alpha value is -3.03. The molecule has 1 saturated heterocycles. The van der Waals surface area contributed by atoms with E-state index in [1.54, 1.807) is 12.1 Å². The molecule has 1 fully saturated rings. The molecule has 27 heavy (non-hydrogen) atoms. The summed E-state index contributed by atoms with van der Waals surface area (Å²) in [5.41, 5.74) is 2.07.